The number of fused-ring (bicyclic) bond motifs is 1. The molecule has 0 aromatic heterocycles. The molecule has 1 heterocycles. The van der Waals surface area contributed by atoms with Crippen LogP contribution in [0.15, 0.2) is 18.2 Å². The number of hydrogen-bond donors (Lipinski definition) is 1. The fraction of sp³-hybridized carbons (Fsp3) is 0.571. The molecular formula is C14H21NOS. The number of ether oxygens (including phenoxy) is 1. The Morgan fingerprint density at radius 1 is 1.35 bits per heavy atom. The molecule has 0 saturated carbocycles. The van der Waals surface area contributed by atoms with Crippen molar-refractivity contribution in [1.29, 1.82) is 0 Å². The lowest BCUT2D eigenvalue weighted by atomic mass is 10.1. The van der Waals surface area contributed by atoms with E-state index in [-0.39, 0.29) is 0 Å². The highest BCUT2D eigenvalue weighted by atomic mass is 32.2. The van der Waals surface area contributed by atoms with Gasteiger partial charge in [-0.1, -0.05) is 12.1 Å². The van der Waals surface area contributed by atoms with Crippen molar-refractivity contribution in [3.05, 3.63) is 29.3 Å². The predicted octanol–water partition coefficient (Wildman–Crippen LogP) is 2.51. The minimum Gasteiger partial charge on any atom is -0.493 e. The molecule has 1 aliphatic rings. The van der Waals surface area contributed by atoms with Crippen molar-refractivity contribution in [3.63, 3.8) is 0 Å². The molecule has 1 aromatic rings. The largest absolute Gasteiger partial charge is 0.493 e. The van der Waals surface area contributed by atoms with E-state index in [1.165, 1.54) is 23.3 Å². The first-order valence-corrected chi connectivity index (χ1v) is 7.74. The quantitative estimate of drug-likeness (QED) is 0.752. The number of benzene rings is 1. The molecule has 0 saturated heterocycles. The van der Waals surface area contributed by atoms with Gasteiger partial charge in [0.05, 0.1) is 6.61 Å². The number of hydrogen-bond acceptors (Lipinski definition) is 3. The second kappa shape index (κ2) is 6.92. The normalized spacial score (nSPS) is 13.5. The molecule has 0 unspecified atom stereocenters. The van der Waals surface area contributed by atoms with E-state index in [2.05, 4.69) is 29.8 Å². The molecule has 0 spiro atoms. The molecule has 0 amide bonds. The van der Waals surface area contributed by atoms with Crippen LogP contribution in [0, 0.1) is 0 Å². The molecule has 0 radical (unpaired) electrons. The van der Waals surface area contributed by atoms with Gasteiger partial charge in [0.25, 0.3) is 0 Å². The maximum atomic E-state index is 5.51. The van der Waals surface area contributed by atoms with E-state index in [1.54, 1.807) is 0 Å². The van der Waals surface area contributed by atoms with Crippen LogP contribution in [0.4, 0.5) is 0 Å². The number of nitrogens with one attached hydrogen (secondary N) is 1. The average Bonchev–Trinajstić information content (AvgIpc) is 2.81. The van der Waals surface area contributed by atoms with Crippen LogP contribution < -0.4 is 10.1 Å². The Bertz CT molecular complexity index is 354. The van der Waals surface area contributed by atoms with Gasteiger partial charge in [-0.3, -0.25) is 0 Å². The summed E-state index contributed by atoms with van der Waals surface area (Å²) in [5.74, 6) is 2.34. The molecule has 1 aliphatic heterocycles. The van der Waals surface area contributed by atoms with E-state index in [0.29, 0.717) is 0 Å². The Kier molecular flexibility index (Phi) is 5.20. The van der Waals surface area contributed by atoms with Gasteiger partial charge in [0.1, 0.15) is 5.75 Å². The second-order valence-corrected chi connectivity index (χ2v) is 5.37. The van der Waals surface area contributed by atoms with E-state index < -0.39 is 0 Å². The van der Waals surface area contributed by atoms with Crippen LogP contribution in [-0.4, -0.2) is 31.7 Å². The summed E-state index contributed by atoms with van der Waals surface area (Å²) in [5.41, 5.74) is 2.80. The molecule has 17 heavy (non-hydrogen) atoms. The van der Waals surface area contributed by atoms with Crippen molar-refractivity contribution in [2.24, 2.45) is 0 Å². The molecule has 2 nitrogen and oxygen atoms in total. The Morgan fingerprint density at radius 3 is 3.18 bits per heavy atom. The van der Waals surface area contributed by atoms with Crippen molar-refractivity contribution in [3.8, 4) is 5.75 Å². The molecule has 0 fully saturated rings. The van der Waals surface area contributed by atoms with Crippen LogP contribution in [0.2, 0.25) is 0 Å². The lowest BCUT2D eigenvalue weighted by Crippen LogP contribution is -2.18. The molecule has 3 heteroatoms. The maximum absolute atomic E-state index is 5.51. The lowest BCUT2D eigenvalue weighted by Gasteiger charge is -2.06. The van der Waals surface area contributed by atoms with Gasteiger partial charge >= 0.3 is 0 Å². The van der Waals surface area contributed by atoms with Crippen molar-refractivity contribution in [1.82, 2.24) is 5.32 Å². The first kappa shape index (κ1) is 12.8. The van der Waals surface area contributed by atoms with Crippen molar-refractivity contribution in [2.75, 3.05) is 31.7 Å². The summed E-state index contributed by atoms with van der Waals surface area (Å²) in [4.78, 5) is 0. The summed E-state index contributed by atoms with van der Waals surface area (Å²) in [7, 11) is 0. The van der Waals surface area contributed by atoms with E-state index in [4.69, 9.17) is 4.74 Å². The number of thioether (sulfide) groups is 1. The summed E-state index contributed by atoms with van der Waals surface area (Å²) in [5, 5.41) is 3.49. The van der Waals surface area contributed by atoms with Crippen molar-refractivity contribution in [2.45, 2.75) is 19.3 Å². The van der Waals surface area contributed by atoms with Crippen molar-refractivity contribution < 1.29 is 4.74 Å². The van der Waals surface area contributed by atoms with Gasteiger partial charge in [-0.25, -0.2) is 0 Å². The van der Waals surface area contributed by atoms with Gasteiger partial charge in [0.15, 0.2) is 0 Å². The van der Waals surface area contributed by atoms with Crippen LogP contribution in [0.5, 0.6) is 5.75 Å². The minimum absolute atomic E-state index is 0.853. The third-order valence-corrected chi connectivity index (χ3v) is 3.74. The smallest absolute Gasteiger partial charge is 0.122 e. The first-order valence-electron chi connectivity index (χ1n) is 6.34. The van der Waals surface area contributed by atoms with E-state index in [1.807, 2.05) is 11.8 Å². The third-order valence-electron chi connectivity index (χ3n) is 3.05. The third kappa shape index (κ3) is 3.93. The first-order chi connectivity index (χ1) is 8.40. The van der Waals surface area contributed by atoms with Crippen LogP contribution in [-0.2, 0) is 12.8 Å². The standard InChI is InChI=1S/C14H21NOS/c1-17-10-2-7-15-8-5-12-3-4-14-13(11-12)6-9-16-14/h3-4,11,15H,2,5-10H2,1H3. The molecule has 0 bridgehead atoms. The van der Waals surface area contributed by atoms with E-state index >= 15 is 0 Å². The summed E-state index contributed by atoms with van der Waals surface area (Å²) >= 11 is 1.92. The zero-order chi connectivity index (χ0) is 11.9. The summed E-state index contributed by atoms with van der Waals surface area (Å²) in [6, 6.07) is 6.60. The predicted molar refractivity (Wildman–Crippen MR) is 75.2 cm³/mol. The highest BCUT2D eigenvalue weighted by Gasteiger charge is 2.11. The Balaban J connectivity index is 1.69. The van der Waals surface area contributed by atoms with Gasteiger partial charge in [-0.15, -0.1) is 0 Å². The zero-order valence-electron chi connectivity index (χ0n) is 10.5. The lowest BCUT2D eigenvalue weighted by molar-refractivity contribution is 0.357. The summed E-state index contributed by atoms with van der Waals surface area (Å²) < 4.78 is 5.51. The van der Waals surface area contributed by atoms with Crippen LogP contribution in [0.25, 0.3) is 0 Å². The van der Waals surface area contributed by atoms with Crippen molar-refractivity contribution >= 4 is 11.8 Å². The van der Waals surface area contributed by atoms with Crippen LogP contribution in [0.1, 0.15) is 17.5 Å². The van der Waals surface area contributed by atoms with E-state index in [9.17, 15) is 0 Å². The minimum atomic E-state index is 0.853. The fourth-order valence-corrected chi connectivity index (χ4v) is 2.53. The molecule has 1 aromatic carbocycles. The fourth-order valence-electron chi connectivity index (χ4n) is 2.09. The van der Waals surface area contributed by atoms with E-state index in [0.717, 1.165) is 38.3 Å². The maximum Gasteiger partial charge on any atom is 0.122 e. The monoisotopic (exact) mass is 251 g/mol. The molecule has 2 rings (SSSR count). The van der Waals surface area contributed by atoms with Gasteiger partial charge in [-0.2, -0.15) is 11.8 Å². The van der Waals surface area contributed by atoms with Gasteiger partial charge in [0.2, 0.25) is 0 Å². The zero-order valence-corrected chi connectivity index (χ0v) is 11.3. The number of rotatable bonds is 7. The SMILES string of the molecule is CSCCCNCCc1ccc2c(c1)CCO2. The van der Waals surface area contributed by atoms with Gasteiger partial charge in [-0.05, 0) is 55.1 Å². The molecule has 0 aliphatic carbocycles. The second-order valence-electron chi connectivity index (χ2n) is 4.39. The molecule has 94 valence electrons. The highest BCUT2D eigenvalue weighted by Crippen LogP contribution is 2.25. The van der Waals surface area contributed by atoms with Crippen LogP contribution >= 0.6 is 11.8 Å². The molecular weight excluding hydrogens is 230 g/mol. The Labute approximate surface area is 108 Å². The summed E-state index contributed by atoms with van der Waals surface area (Å²) in [6.45, 7) is 3.06. The average molecular weight is 251 g/mol. The highest BCUT2D eigenvalue weighted by molar-refractivity contribution is 7.98. The van der Waals surface area contributed by atoms with Gasteiger partial charge < -0.3 is 10.1 Å². The summed E-state index contributed by atoms with van der Waals surface area (Å²) in [6.07, 6.45) is 5.61. The topological polar surface area (TPSA) is 21.3 Å². The Hall–Kier alpha value is -0.670. The Morgan fingerprint density at radius 2 is 2.29 bits per heavy atom. The van der Waals surface area contributed by atoms with Crippen LogP contribution in [0.3, 0.4) is 0 Å². The molecule has 0 atom stereocenters. The molecule has 1 N–H and O–H groups in total. The van der Waals surface area contributed by atoms with Gasteiger partial charge in [0, 0.05) is 6.42 Å².